The Balaban J connectivity index is 1.66. The van der Waals surface area contributed by atoms with Crippen LogP contribution in [0.25, 0.3) is 0 Å². The highest BCUT2D eigenvalue weighted by molar-refractivity contribution is 7.89. The van der Waals surface area contributed by atoms with Crippen molar-refractivity contribution < 1.29 is 26.3 Å². The van der Waals surface area contributed by atoms with Crippen LogP contribution in [0.1, 0.15) is 32.3 Å². The van der Waals surface area contributed by atoms with E-state index in [0.29, 0.717) is 24.7 Å². The predicted molar refractivity (Wildman–Crippen MR) is 104 cm³/mol. The van der Waals surface area contributed by atoms with Gasteiger partial charge in [-0.15, -0.1) is 0 Å². The van der Waals surface area contributed by atoms with Gasteiger partial charge in [0, 0.05) is 38.4 Å². The number of rotatable bonds is 4. The summed E-state index contributed by atoms with van der Waals surface area (Å²) in [5.74, 6) is 0.481. The lowest BCUT2D eigenvalue weighted by Crippen LogP contribution is -2.48. The Bertz CT molecular complexity index is 814. The van der Waals surface area contributed by atoms with E-state index in [1.54, 1.807) is 0 Å². The number of alkyl halides is 3. The summed E-state index contributed by atoms with van der Waals surface area (Å²) < 4.78 is 68.9. The topological polar surface area (TPSA) is 75.9 Å². The molecule has 0 amide bonds. The van der Waals surface area contributed by atoms with Crippen molar-refractivity contribution in [2.45, 2.75) is 50.0 Å². The molecule has 2 atom stereocenters. The van der Waals surface area contributed by atoms with Gasteiger partial charge in [0.05, 0.1) is 22.7 Å². The van der Waals surface area contributed by atoms with Crippen LogP contribution < -0.4 is 10.0 Å². The normalized spacial score (nSPS) is 25.4. The summed E-state index contributed by atoms with van der Waals surface area (Å²) in [6.45, 7) is 8.15. The van der Waals surface area contributed by atoms with Crippen molar-refractivity contribution >= 4 is 15.7 Å². The number of ether oxygens (including phenoxy) is 1. The molecule has 3 rings (SSSR count). The van der Waals surface area contributed by atoms with Gasteiger partial charge in [-0.3, -0.25) is 4.90 Å². The summed E-state index contributed by atoms with van der Waals surface area (Å²) in [5.41, 5.74) is -0.840. The Morgan fingerprint density at radius 1 is 1.14 bits per heavy atom. The molecule has 0 aromatic heterocycles. The number of nitrogens with two attached hydrogens (primary N) is 1. The maximum atomic E-state index is 13.4. The monoisotopic (exact) mass is 435 g/mol. The van der Waals surface area contributed by atoms with Crippen LogP contribution in [0.3, 0.4) is 0 Å². The van der Waals surface area contributed by atoms with Crippen molar-refractivity contribution in [3.63, 3.8) is 0 Å². The fourth-order valence-electron chi connectivity index (χ4n) is 4.36. The maximum absolute atomic E-state index is 13.4. The molecule has 10 heteroatoms. The second-order valence-electron chi connectivity index (χ2n) is 8.13. The first-order valence-electron chi connectivity index (χ1n) is 9.80. The molecule has 0 aliphatic carbocycles. The Morgan fingerprint density at radius 2 is 1.72 bits per heavy atom. The third-order valence-electron chi connectivity index (χ3n) is 5.57. The molecule has 0 saturated carbocycles. The molecule has 6 nitrogen and oxygen atoms in total. The molecule has 2 aliphatic rings. The molecule has 2 unspecified atom stereocenters. The average molecular weight is 436 g/mol. The molecular formula is C19H28F3N3O3S. The van der Waals surface area contributed by atoms with Gasteiger partial charge in [-0.2, -0.15) is 13.2 Å². The van der Waals surface area contributed by atoms with Crippen molar-refractivity contribution in [3.05, 3.63) is 23.8 Å². The number of benzene rings is 1. The van der Waals surface area contributed by atoms with E-state index in [1.165, 1.54) is 6.07 Å². The third-order valence-corrected chi connectivity index (χ3v) is 6.54. The van der Waals surface area contributed by atoms with Crippen molar-refractivity contribution in [1.82, 2.24) is 4.90 Å². The van der Waals surface area contributed by atoms with E-state index in [-0.39, 0.29) is 12.2 Å². The van der Waals surface area contributed by atoms with Crippen LogP contribution in [0.4, 0.5) is 18.9 Å². The summed E-state index contributed by atoms with van der Waals surface area (Å²) in [5, 5.41) is 4.95. The molecule has 0 bridgehead atoms. The minimum atomic E-state index is -4.79. The minimum absolute atomic E-state index is 0.206. The van der Waals surface area contributed by atoms with E-state index >= 15 is 0 Å². The van der Waals surface area contributed by atoms with E-state index in [0.717, 1.165) is 44.6 Å². The van der Waals surface area contributed by atoms with Gasteiger partial charge in [-0.05, 0) is 50.8 Å². The molecule has 0 spiro atoms. The Hall–Kier alpha value is -1.36. The fourth-order valence-corrected chi connectivity index (χ4v) is 5.10. The summed E-state index contributed by atoms with van der Waals surface area (Å²) in [4.78, 5) is 3.39. The fraction of sp³-hybridized carbons (Fsp3) is 0.684. The summed E-state index contributed by atoms with van der Waals surface area (Å²) >= 11 is 0. The quantitative estimate of drug-likeness (QED) is 0.787. The van der Waals surface area contributed by atoms with E-state index in [1.807, 2.05) is 4.90 Å². The van der Waals surface area contributed by atoms with Crippen LogP contribution in [-0.4, -0.2) is 58.2 Å². The number of anilines is 1. The highest BCUT2D eigenvalue weighted by Crippen LogP contribution is 2.37. The molecule has 2 fully saturated rings. The van der Waals surface area contributed by atoms with Crippen molar-refractivity contribution in [1.29, 1.82) is 0 Å². The SMILES string of the molecule is CC1CN(CC2CCN(c3ccc(S(N)(=O)=O)c(C(F)(F)F)c3)CC2)CC(C)O1. The molecule has 1 aromatic carbocycles. The number of sulfonamides is 1. The molecular weight excluding hydrogens is 407 g/mol. The first-order chi connectivity index (χ1) is 13.4. The zero-order valence-corrected chi connectivity index (χ0v) is 17.5. The van der Waals surface area contributed by atoms with Gasteiger partial charge in [0.1, 0.15) is 0 Å². The van der Waals surface area contributed by atoms with Gasteiger partial charge >= 0.3 is 6.18 Å². The van der Waals surface area contributed by atoms with Gasteiger partial charge in [0.25, 0.3) is 0 Å². The second-order valence-corrected chi connectivity index (χ2v) is 9.66. The number of nitrogens with zero attached hydrogens (tertiary/aromatic N) is 2. The zero-order valence-electron chi connectivity index (χ0n) is 16.7. The first-order valence-corrected chi connectivity index (χ1v) is 11.3. The highest BCUT2D eigenvalue weighted by atomic mass is 32.2. The van der Waals surface area contributed by atoms with Crippen molar-refractivity contribution in [2.24, 2.45) is 11.1 Å². The van der Waals surface area contributed by atoms with Gasteiger partial charge in [-0.25, -0.2) is 13.6 Å². The number of hydrogen-bond acceptors (Lipinski definition) is 5. The van der Waals surface area contributed by atoms with Gasteiger partial charge < -0.3 is 9.64 Å². The number of halogens is 3. The molecule has 2 aliphatic heterocycles. The van der Waals surface area contributed by atoms with Crippen LogP contribution in [0.5, 0.6) is 0 Å². The molecule has 29 heavy (non-hydrogen) atoms. The van der Waals surface area contributed by atoms with Gasteiger partial charge in [0.15, 0.2) is 0 Å². The molecule has 1 aromatic rings. The number of hydrogen-bond donors (Lipinski definition) is 1. The summed E-state index contributed by atoms with van der Waals surface area (Å²) in [6, 6.07) is 3.25. The van der Waals surface area contributed by atoms with Crippen LogP contribution in [0, 0.1) is 5.92 Å². The predicted octanol–water partition coefficient (Wildman–Crippen LogP) is 2.68. The van der Waals surface area contributed by atoms with E-state index < -0.39 is 26.7 Å². The van der Waals surface area contributed by atoms with E-state index in [9.17, 15) is 21.6 Å². The Kier molecular flexibility index (Phi) is 6.47. The van der Waals surface area contributed by atoms with Crippen LogP contribution in [0.2, 0.25) is 0 Å². The Morgan fingerprint density at radius 3 is 2.24 bits per heavy atom. The summed E-state index contributed by atoms with van der Waals surface area (Å²) in [7, 11) is -4.45. The standard InChI is InChI=1S/C19H28F3N3O3S/c1-13-10-24(11-14(2)28-13)12-15-5-7-25(8-6-15)16-3-4-18(29(23,26)27)17(9-16)19(20,21)22/h3-4,9,13-15H,5-8,10-12H2,1-2H3,(H2,23,26,27). The second kappa shape index (κ2) is 8.41. The smallest absolute Gasteiger partial charge is 0.373 e. The minimum Gasteiger partial charge on any atom is -0.373 e. The number of primary sulfonamides is 1. The number of morpholine rings is 1. The van der Waals surface area contributed by atoms with Crippen molar-refractivity contribution in [2.75, 3.05) is 37.6 Å². The molecule has 0 radical (unpaired) electrons. The highest BCUT2D eigenvalue weighted by Gasteiger charge is 2.37. The lowest BCUT2D eigenvalue weighted by atomic mass is 9.95. The molecule has 164 valence electrons. The largest absolute Gasteiger partial charge is 0.417 e. The van der Waals surface area contributed by atoms with Crippen molar-refractivity contribution in [3.8, 4) is 0 Å². The van der Waals surface area contributed by atoms with E-state index in [2.05, 4.69) is 18.7 Å². The molecule has 2 heterocycles. The maximum Gasteiger partial charge on any atom is 0.417 e. The number of piperidine rings is 1. The van der Waals surface area contributed by atoms with Crippen LogP contribution >= 0.6 is 0 Å². The molecule has 2 saturated heterocycles. The lowest BCUT2D eigenvalue weighted by Gasteiger charge is -2.40. The Labute approximate surface area is 169 Å². The average Bonchev–Trinajstić information content (AvgIpc) is 2.59. The molecule has 2 N–H and O–H groups in total. The van der Waals surface area contributed by atoms with Crippen LogP contribution in [-0.2, 0) is 20.9 Å². The zero-order chi connectivity index (χ0) is 21.4. The van der Waals surface area contributed by atoms with Gasteiger partial charge in [-0.1, -0.05) is 0 Å². The van der Waals surface area contributed by atoms with Crippen LogP contribution in [0.15, 0.2) is 23.1 Å². The van der Waals surface area contributed by atoms with Gasteiger partial charge in [0.2, 0.25) is 10.0 Å². The first kappa shape index (κ1) is 22.3. The third kappa shape index (κ3) is 5.62. The lowest BCUT2D eigenvalue weighted by molar-refractivity contribution is -0.139. The van der Waals surface area contributed by atoms with E-state index in [4.69, 9.17) is 9.88 Å². The summed E-state index contributed by atoms with van der Waals surface area (Å²) in [6.07, 6.45) is -2.63.